The van der Waals surface area contributed by atoms with Crippen molar-refractivity contribution in [1.82, 2.24) is 0 Å². The second-order valence-corrected chi connectivity index (χ2v) is 3.86. The van der Waals surface area contributed by atoms with Crippen molar-refractivity contribution >= 4 is 21.8 Å². The highest BCUT2D eigenvalue weighted by atomic mass is 79.9. The molecule has 0 heterocycles. The molecule has 1 aromatic rings. The van der Waals surface area contributed by atoms with E-state index in [1.165, 1.54) is 6.07 Å². The predicted octanol–water partition coefficient (Wildman–Crippen LogP) is 1.46. The van der Waals surface area contributed by atoms with Gasteiger partial charge in [0.1, 0.15) is 5.82 Å². The maximum Gasteiger partial charge on any atom is 0.219 e. The van der Waals surface area contributed by atoms with Gasteiger partial charge in [0.25, 0.3) is 0 Å². The first kappa shape index (κ1) is 11.1. The van der Waals surface area contributed by atoms with Gasteiger partial charge in [0.2, 0.25) is 5.91 Å². The van der Waals surface area contributed by atoms with Crippen LogP contribution in [0.25, 0.3) is 0 Å². The molecule has 0 spiro atoms. The Kier molecular flexibility index (Phi) is 3.60. The second kappa shape index (κ2) is 4.52. The summed E-state index contributed by atoms with van der Waals surface area (Å²) in [5, 5.41) is 0. The molecule has 76 valence electrons. The number of halogens is 2. The van der Waals surface area contributed by atoms with Gasteiger partial charge in [-0.15, -0.1) is 0 Å². The van der Waals surface area contributed by atoms with Crippen molar-refractivity contribution in [2.45, 2.75) is 12.5 Å². The van der Waals surface area contributed by atoms with E-state index in [9.17, 15) is 9.18 Å². The fourth-order valence-corrected chi connectivity index (χ4v) is 1.50. The number of primary amides is 1. The molecule has 1 amide bonds. The monoisotopic (exact) mass is 260 g/mol. The van der Waals surface area contributed by atoms with Crippen LogP contribution in [-0.2, 0) is 4.79 Å². The van der Waals surface area contributed by atoms with Gasteiger partial charge in [0, 0.05) is 22.5 Å². The zero-order valence-corrected chi connectivity index (χ0v) is 8.92. The highest BCUT2D eigenvalue weighted by Crippen LogP contribution is 2.21. The fraction of sp³-hybridized carbons (Fsp3) is 0.222. The average molecular weight is 261 g/mol. The lowest BCUT2D eigenvalue weighted by Crippen LogP contribution is -2.21. The molecule has 1 rings (SSSR count). The Bertz CT molecular complexity index is 357. The van der Waals surface area contributed by atoms with Gasteiger partial charge in [0.05, 0.1) is 0 Å². The average Bonchev–Trinajstić information content (AvgIpc) is 2.08. The maximum atomic E-state index is 13.2. The van der Waals surface area contributed by atoms with E-state index >= 15 is 0 Å². The molecule has 1 atom stereocenters. The summed E-state index contributed by atoms with van der Waals surface area (Å²) in [6, 6.07) is 3.71. The predicted molar refractivity (Wildman–Crippen MR) is 54.8 cm³/mol. The normalized spacial score (nSPS) is 12.5. The number of amides is 1. The number of hydrogen-bond donors (Lipinski definition) is 2. The molecule has 0 saturated heterocycles. The molecular formula is C9H10BrFN2O. The highest BCUT2D eigenvalue weighted by molar-refractivity contribution is 9.10. The number of rotatable bonds is 3. The van der Waals surface area contributed by atoms with Gasteiger partial charge < -0.3 is 11.5 Å². The van der Waals surface area contributed by atoms with Crippen molar-refractivity contribution in [1.29, 1.82) is 0 Å². The molecule has 0 aromatic heterocycles. The van der Waals surface area contributed by atoms with Crippen LogP contribution in [-0.4, -0.2) is 5.91 Å². The van der Waals surface area contributed by atoms with Gasteiger partial charge in [0.15, 0.2) is 0 Å². The van der Waals surface area contributed by atoms with E-state index in [0.717, 1.165) is 0 Å². The summed E-state index contributed by atoms with van der Waals surface area (Å²) in [4.78, 5) is 10.6. The molecule has 4 N–H and O–H groups in total. The number of carbonyl (C=O) groups is 1. The van der Waals surface area contributed by atoms with Gasteiger partial charge in [-0.3, -0.25) is 4.79 Å². The topological polar surface area (TPSA) is 69.1 Å². The van der Waals surface area contributed by atoms with Crippen LogP contribution in [0, 0.1) is 5.82 Å². The van der Waals surface area contributed by atoms with Gasteiger partial charge in [-0.2, -0.15) is 0 Å². The molecule has 1 unspecified atom stereocenters. The number of carbonyl (C=O) groups excluding carboxylic acids is 1. The summed E-state index contributed by atoms with van der Waals surface area (Å²) in [6.45, 7) is 0. The van der Waals surface area contributed by atoms with E-state index < -0.39 is 17.8 Å². The van der Waals surface area contributed by atoms with E-state index in [2.05, 4.69) is 15.9 Å². The van der Waals surface area contributed by atoms with E-state index in [4.69, 9.17) is 11.5 Å². The van der Waals surface area contributed by atoms with Crippen molar-refractivity contribution in [2.75, 3.05) is 0 Å². The Labute approximate surface area is 89.4 Å². The summed E-state index contributed by atoms with van der Waals surface area (Å²) in [6.07, 6.45) is -0.0621. The van der Waals surface area contributed by atoms with Gasteiger partial charge >= 0.3 is 0 Å². The summed E-state index contributed by atoms with van der Waals surface area (Å²) in [5.74, 6) is -0.973. The molecule has 5 heteroatoms. The third kappa shape index (κ3) is 2.78. The lowest BCUT2D eigenvalue weighted by Gasteiger charge is -2.11. The van der Waals surface area contributed by atoms with Gasteiger partial charge in [-0.1, -0.05) is 15.9 Å². The molecule has 0 bridgehead atoms. The standard InChI is InChI=1S/C9H10BrFN2O/c10-5-1-2-7(11)6(3-5)8(12)4-9(13)14/h1-3,8H,4,12H2,(H2,13,14). The van der Waals surface area contributed by atoms with Crippen LogP contribution >= 0.6 is 15.9 Å². The highest BCUT2D eigenvalue weighted by Gasteiger charge is 2.13. The fourth-order valence-electron chi connectivity index (χ4n) is 1.13. The summed E-state index contributed by atoms with van der Waals surface area (Å²) in [5.41, 5.74) is 10.9. The molecule has 0 aliphatic carbocycles. The van der Waals surface area contributed by atoms with Gasteiger partial charge in [-0.05, 0) is 18.2 Å². The maximum absolute atomic E-state index is 13.2. The molecular weight excluding hydrogens is 251 g/mol. The molecule has 3 nitrogen and oxygen atoms in total. The number of nitrogens with two attached hydrogens (primary N) is 2. The molecule has 14 heavy (non-hydrogen) atoms. The minimum absolute atomic E-state index is 0.0621. The summed E-state index contributed by atoms with van der Waals surface area (Å²) < 4.78 is 13.9. The zero-order valence-electron chi connectivity index (χ0n) is 7.34. The lowest BCUT2D eigenvalue weighted by atomic mass is 10.0. The van der Waals surface area contributed by atoms with E-state index in [1.54, 1.807) is 12.1 Å². The quantitative estimate of drug-likeness (QED) is 0.864. The van der Waals surface area contributed by atoms with Crippen LogP contribution < -0.4 is 11.5 Å². The third-order valence-electron chi connectivity index (χ3n) is 1.78. The molecule has 0 aliphatic rings. The number of benzene rings is 1. The van der Waals surface area contributed by atoms with E-state index in [1.807, 2.05) is 0 Å². The van der Waals surface area contributed by atoms with Crippen LogP contribution in [0.5, 0.6) is 0 Å². The van der Waals surface area contributed by atoms with Crippen LogP contribution in [0.15, 0.2) is 22.7 Å². The SMILES string of the molecule is NC(=O)CC(N)c1cc(Br)ccc1F. The van der Waals surface area contributed by atoms with Crippen molar-refractivity contribution in [3.05, 3.63) is 34.1 Å². The Balaban J connectivity index is 2.93. The van der Waals surface area contributed by atoms with Crippen LogP contribution in [0.3, 0.4) is 0 Å². The Morgan fingerprint density at radius 2 is 2.21 bits per heavy atom. The van der Waals surface area contributed by atoms with Crippen LogP contribution in [0.4, 0.5) is 4.39 Å². The smallest absolute Gasteiger partial charge is 0.219 e. The van der Waals surface area contributed by atoms with Crippen molar-refractivity contribution in [3.63, 3.8) is 0 Å². The second-order valence-electron chi connectivity index (χ2n) is 2.94. The first-order valence-electron chi connectivity index (χ1n) is 3.99. The van der Waals surface area contributed by atoms with E-state index in [-0.39, 0.29) is 12.0 Å². The molecule has 0 aliphatic heterocycles. The number of hydrogen-bond acceptors (Lipinski definition) is 2. The Morgan fingerprint density at radius 3 is 2.79 bits per heavy atom. The van der Waals surface area contributed by atoms with Gasteiger partial charge in [-0.25, -0.2) is 4.39 Å². The molecule has 0 saturated carbocycles. The molecule has 0 radical (unpaired) electrons. The van der Waals surface area contributed by atoms with Crippen molar-refractivity contribution < 1.29 is 9.18 Å². The minimum atomic E-state index is -0.690. The first-order chi connectivity index (χ1) is 6.50. The molecule has 1 aromatic carbocycles. The Hall–Kier alpha value is -0.940. The minimum Gasteiger partial charge on any atom is -0.370 e. The molecule has 0 fully saturated rings. The largest absolute Gasteiger partial charge is 0.370 e. The summed E-state index contributed by atoms with van der Waals surface area (Å²) in [7, 11) is 0. The van der Waals surface area contributed by atoms with Crippen molar-refractivity contribution in [2.24, 2.45) is 11.5 Å². The summed E-state index contributed by atoms with van der Waals surface area (Å²) >= 11 is 3.19. The third-order valence-corrected chi connectivity index (χ3v) is 2.27. The van der Waals surface area contributed by atoms with Crippen molar-refractivity contribution in [3.8, 4) is 0 Å². The van der Waals surface area contributed by atoms with Crippen LogP contribution in [0.1, 0.15) is 18.0 Å². The first-order valence-corrected chi connectivity index (χ1v) is 4.79. The van der Waals surface area contributed by atoms with E-state index in [0.29, 0.717) is 4.47 Å². The Morgan fingerprint density at radius 1 is 1.57 bits per heavy atom. The lowest BCUT2D eigenvalue weighted by molar-refractivity contribution is -0.118. The van der Waals surface area contributed by atoms with Crippen LogP contribution in [0.2, 0.25) is 0 Å². The zero-order chi connectivity index (χ0) is 10.7.